The van der Waals surface area contributed by atoms with Gasteiger partial charge in [-0.15, -0.1) is 0 Å². The number of nitrogens with zero attached hydrogens (tertiary/aromatic N) is 2. The van der Waals surface area contributed by atoms with E-state index in [1.54, 1.807) is 0 Å². The fourth-order valence-electron chi connectivity index (χ4n) is 3.04. The summed E-state index contributed by atoms with van der Waals surface area (Å²) in [5, 5.41) is 18.3. The maximum Gasteiger partial charge on any atom is 0.243 e. The third kappa shape index (κ3) is 2.22. The van der Waals surface area contributed by atoms with Crippen molar-refractivity contribution >= 4 is 5.91 Å². The smallest absolute Gasteiger partial charge is 0.243 e. The van der Waals surface area contributed by atoms with Crippen LogP contribution >= 0.6 is 0 Å². The summed E-state index contributed by atoms with van der Waals surface area (Å²) in [5.41, 5.74) is -2.63. The molecule has 1 saturated carbocycles. The molecule has 0 radical (unpaired) electrons. The number of hydrogen-bond donors (Lipinski definition) is 1. The number of nitriles is 1. The van der Waals surface area contributed by atoms with Crippen LogP contribution in [-0.2, 0) is 4.79 Å². The molecule has 1 atom stereocenters. The van der Waals surface area contributed by atoms with Crippen LogP contribution in [0.1, 0.15) is 38.5 Å². The van der Waals surface area contributed by atoms with Crippen molar-refractivity contribution in [1.82, 2.24) is 4.90 Å². The quantitative estimate of drug-likeness (QED) is 0.810. The Kier molecular flexibility index (Phi) is 3.58. The molecule has 1 unspecified atom stereocenters. The molecule has 0 aromatic carbocycles. The SMILES string of the molecule is N#CC1(C(=O)N2CCCC(F)(CO)C2)CCCC1. The van der Waals surface area contributed by atoms with Gasteiger partial charge in [0.05, 0.1) is 19.2 Å². The number of carbonyl (C=O) groups excluding carboxylic acids is 1. The van der Waals surface area contributed by atoms with E-state index >= 15 is 0 Å². The zero-order chi connectivity index (χ0) is 13.2. The number of halogens is 1. The van der Waals surface area contributed by atoms with Gasteiger partial charge < -0.3 is 10.0 Å². The van der Waals surface area contributed by atoms with E-state index in [-0.39, 0.29) is 18.9 Å². The molecule has 0 spiro atoms. The predicted molar refractivity (Wildman–Crippen MR) is 63.3 cm³/mol. The number of carbonyl (C=O) groups is 1. The van der Waals surface area contributed by atoms with E-state index < -0.39 is 17.7 Å². The molecule has 4 nitrogen and oxygen atoms in total. The first-order valence-corrected chi connectivity index (χ1v) is 6.56. The van der Waals surface area contributed by atoms with Crippen LogP contribution in [0.3, 0.4) is 0 Å². The monoisotopic (exact) mass is 254 g/mol. The largest absolute Gasteiger partial charge is 0.393 e. The number of piperidine rings is 1. The normalized spacial score (nSPS) is 31.1. The van der Waals surface area contributed by atoms with Gasteiger partial charge in [-0.2, -0.15) is 5.26 Å². The summed E-state index contributed by atoms with van der Waals surface area (Å²) in [7, 11) is 0. The number of amides is 1. The molecule has 5 heteroatoms. The van der Waals surface area contributed by atoms with Gasteiger partial charge in [0.2, 0.25) is 5.91 Å². The summed E-state index contributed by atoms with van der Waals surface area (Å²) in [6, 6.07) is 2.14. The van der Waals surface area contributed by atoms with Gasteiger partial charge in [-0.25, -0.2) is 4.39 Å². The Hall–Kier alpha value is -1.15. The van der Waals surface area contributed by atoms with Gasteiger partial charge in [-0.05, 0) is 25.7 Å². The van der Waals surface area contributed by atoms with Crippen LogP contribution in [0.15, 0.2) is 0 Å². The first-order valence-electron chi connectivity index (χ1n) is 6.56. The molecule has 1 heterocycles. The minimum absolute atomic E-state index is 0.0776. The average molecular weight is 254 g/mol. The first-order chi connectivity index (χ1) is 8.55. The summed E-state index contributed by atoms with van der Waals surface area (Å²) in [5.74, 6) is -0.238. The molecule has 100 valence electrons. The second kappa shape index (κ2) is 4.85. The second-order valence-electron chi connectivity index (χ2n) is 5.54. The summed E-state index contributed by atoms with van der Waals surface area (Å²) in [6.45, 7) is -0.143. The molecule has 1 saturated heterocycles. The maximum atomic E-state index is 14.1. The number of alkyl halides is 1. The van der Waals surface area contributed by atoms with Crippen LogP contribution in [0, 0.1) is 16.7 Å². The Morgan fingerprint density at radius 2 is 2.00 bits per heavy atom. The second-order valence-corrected chi connectivity index (χ2v) is 5.54. The Morgan fingerprint density at radius 1 is 1.33 bits per heavy atom. The van der Waals surface area contributed by atoms with E-state index in [0.717, 1.165) is 12.8 Å². The average Bonchev–Trinajstić information content (AvgIpc) is 2.88. The molecular formula is C13H19FN2O2. The molecule has 1 N–H and O–H groups in total. The summed E-state index contributed by atoms with van der Waals surface area (Å²) >= 11 is 0. The Balaban J connectivity index is 2.12. The molecule has 0 aromatic rings. The third-order valence-electron chi connectivity index (χ3n) is 4.18. The van der Waals surface area contributed by atoms with Crippen molar-refractivity contribution in [2.24, 2.45) is 5.41 Å². The van der Waals surface area contributed by atoms with Crippen molar-refractivity contribution < 1.29 is 14.3 Å². The van der Waals surface area contributed by atoms with Gasteiger partial charge in [0.1, 0.15) is 5.41 Å². The van der Waals surface area contributed by atoms with Gasteiger partial charge >= 0.3 is 0 Å². The van der Waals surface area contributed by atoms with Crippen molar-refractivity contribution in [3.8, 4) is 6.07 Å². The lowest BCUT2D eigenvalue weighted by Crippen LogP contribution is -2.53. The van der Waals surface area contributed by atoms with E-state index in [0.29, 0.717) is 25.8 Å². The minimum atomic E-state index is -1.69. The molecular weight excluding hydrogens is 235 g/mol. The standard InChI is InChI=1S/C13H19FN2O2/c14-13(10-17)6-3-7-16(9-13)11(18)12(8-15)4-1-2-5-12/h17H,1-7,9-10H2. The molecule has 0 aromatic heterocycles. The van der Waals surface area contributed by atoms with Crippen molar-refractivity contribution in [2.75, 3.05) is 19.7 Å². The zero-order valence-corrected chi connectivity index (χ0v) is 10.5. The highest BCUT2D eigenvalue weighted by molar-refractivity contribution is 5.86. The Morgan fingerprint density at radius 3 is 2.56 bits per heavy atom. The molecule has 0 bridgehead atoms. The highest BCUT2D eigenvalue weighted by Gasteiger charge is 2.47. The van der Waals surface area contributed by atoms with Gasteiger partial charge in [0.15, 0.2) is 5.67 Å². The van der Waals surface area contributed by atoms with Crippen molar-refractivity contribution in [1.29, 1.82) is 5.26 Å². The molecule has 1 amide bonds. The number of aliphatic hydroxyl groups excluding tert-OH is 1. The number of rotatable bonds is 2. The van der Waals surface area contributed by atoms with E-state index in [1.165, 1.54) is 4.90 Å². The third-order valence-corrected chi connectivity index (χ3v) is 4.18. The van der Waals surface area contributed by atoms with Gasteiger partial charge in [0.25, 0.3) is 0 Å². The van der Waals surface area contributed by atoms with Gasteiger partial charge in [0, 0.05) is 6.54 Å². The lowest BCUT2D eigenvalue weighted by Gasteiger charge is -2.39. The van der Waals surface area contributed by atoms with E-state index in [2.05, 4.69) is 6.07 Å². The summed E-state index contributed by atoms with van der Waals surface area (Å²) in [4.78, 5) is 13.9. The molecule has 2 fully saturated rings. The van der Waals surface area contributed by atoms with Crippen LogP contribution < -0.4 is 0 Å². The van der Waals surface area contributed by atoms with E-state index in [1.807, 2.05) is 0 Å². The Bertz CT molecular complexity index is 374. The number of aliphatic hydroxyl groups is 1. The molecule has 1 aliphatic heterocycles. The lowest BCUT2D eigenvalue weighted by molar-refractivity contribution is -0.144. The van der Waals surface area contributed by atoms with Crippen LogP contribution in [0.5, 0.6) is 0 Å². The summed E-state index contributed by atoms with van der Waals surface area (Å²) < 4.78 is 14.1. The van der Waals surface area contributed by atoms with Crippen molar-refractivity contribution in [3.05, 3.63) is 0 Å². The molecule has 2 rings (SSSR count). The fourth-order valence-corrected chi connectivity index (χ4v) is 3.04. The van der Waals surface area contributed by atoms with E-state index in [9.17, 15) is 14.4 Å². The maximum absolute atomic E-state index is 14.1. The van der Waals surface area contributed by atoms with E-state index in [4.69, 9.17) is 5.11 Å². The molecule has 1 aliphatic carbocycles. The van der Waals surface area contributed by atoms with Gasteiger partial charge in [-0.3, -0.25) is 4.79 Å². The number of hydrogen-bond acceptors (Lipinski definition) is 3. The first kappa shape index (κ1) is 13.3. The fraction of sp³-hybridized carbons (Fsp3) is 0.846. The lowest BCUT2D eigenvalue weighted by atomic mass is 9.84. The van der Waals surface area contributed by atoms with Crippen molar-refractivity contribution in [2.45, 2.75) is 44.2 Å². The van der Waals surface area contributed by atoms with Gasteiger partial charge in [-0.1, -0.05) is 12.8 Å². The van der Waals surface area contributed by atoms with Crippen LogP contribution in [-0.4, -0.2) is 41.3 Å². The molecule has 2 aliphatic rings. The van der Waals surface area contributed by atoms with Crippen LogP contribution in [0.2, 0.25) is 0 Å². The minimum Gasteiger partial charge on any atom is -0.393 e. The highest BCUT2D eigenvalue weighted by atomic mass is 19.1. The van der Waals surface area contributed by atoms with Crippen LogP contribution in [0.4, 0.5) is 4.39 Å². The predicted octanol–water partition coefficient (Wildman–Crippen LogP) is 1.39. The van der Waals surface area contributed by atoms with Crippen LogP contribution in [0.25, 0.3) is 0 Å². The highest BCUT2D eigenvalue weighted by Crippen LogP contribution is 2.40. The molecule has 18 heavy (non-hydrogen) atoms. The number of likely N-dealkylation sites (tertiary alicyclic amines) is 1. The Labute approximate surface area is 106 Å². The summed E-state index contributed by atoms with van der Waals surface area (Å²) in [6.07, 6.45) is 3.76. The zero-order valence-electron chi connectivity index (χ0n) is 10.5. The topological polar surface area (TPSA) is 64.3 Å². The van der Waals surface area contributed by atoms with Crippen molar-refractivity contribution in [3.63, 3.8) is 0 Å².